The maximum atomic E-state index is 12.9. The Labute approximate surface area is 416 Å². The predicted octanol–water partition coefficient (Wildman–Crippen LogP) is 19.4. The van der Waals surface area contributed by atoms with Crippen LogP contribution in [0.1, 0.15) is 303 Å². The minimum atomic E-state index is -0.782. The van der Waals surface area contributed by atoms with E-state index >= 15 is 0 Å². The molecule has 390 valence electrons. The van der Waals surface area contributed by atoms with Crippen LogP contribution in [0.25, 0.3) is 0 Å². The van der Waals surface area contributed by atoms with E-state index in [0.717, 1.165) is 83.5 Å². The van der Waals surface area contributed by atoms with Gasteiger partial charge in [0.2, 0.25) is 0 Å². The van der Waals surface area contributed by atoms with Crippen LogP contribution in [0.4, 0.5) is 0 Å². The van der Waals surface area contributed by atoms with Crippen molar-refractivity contribution < 1.29 is 28.6 Å². The molecule has 67 heavy (non-hydrogen) atoms. The number of rotatable bonds is 53. The second kappa shape index (κ2) is 56.0. The molecule has 0 N–H and O–H groups in total. The number of hydrogen-bond donors (Lipinski definition) is 0. The zero-order valence-electron chi connectivity index (χ0n) is 44.7. The van der Waals surface area contributed by atoms with Gasteiger partial charge < -0.3 is 14.2 Å². The molecule has 0 rings (SSSR count). The van der Waals surface area contributed by atoms with Gasteiger partial charge in [-0.25, -0.2) is 0 Å². The van der Waals surface area contributed by atoms with Crippen LogP contribution in [0.5, 0.6) is 0 Å². The smallest absolute Gasteiger partial charge is 0.306 e. The Kier molecular flexibility index (Phi) is 53.8. The second-order valence-electron chi connectivity index (χ2n) is 19.6. The molecule has 0 bridgehead atoms. The highest BCUT2D eigenvalue weighted by molar-refractivity contribution is 5.71. The number of allylic oxidation sites excluding steroid dienone is 8. The summed E-state index contributed by atoms with van der Waals surface area (Å²) in [6.45, 7) is 6.62. The van der Waals surface area contributed by atoms with E-state index in [1.807, 2.05) is 0 Å². The average Bonchev–Trinajstić information content (AvgIpc) is 3.33. The molecule has 6 nitrogen and oxygen atoms in total. The summed E-state index contributed by atoms with van der Waals surface area (Å²) in [7, 11) is 0. The molecular formula is C61H110O6. The first-order valence-corrected chi connectivity index (χ1v) is 29.1. The van der Waals surface area contributed by atoms with Crippen LogP contribution >= 0.6 is 0 Å². The average molecular weight is 940 g/mol. The lowest BCUT2D eigenvalue weighted by Crippen LogP contribution is -2.30. The van der Waals surface area contributed by atoms with Crippen LogP contribution in [0.3, 0.4) is 0 Å². The Morgan fingerprint density at radius 2 is 0.537 bits per heavy atom. The zero-order valence-corrected chi connectivity index (χ0v) is 44.7. The number of hydrogen-bond acceptors (Lipinski definition) is 6. The van der Waals surface area contributed by atoms with E-state index in [1.165, 1.54) is 180 Å². The molecule has 0 unspecified atom stereocenters. The van der Waals surface area contributed by atoms with E-state index in [0.29, 0.717) is 19.3 Å². The summed E-state index contributed by atoms with van der Waals surface area (Å²) in [6, 6.07) is 0. The van der Waals surface area contributed by atoms with Gasteiger partial charge >= 0.3 is 17.9 Å². The van der Waals surface area contributed by atoms with Gasteiger partial charge in [-0.05, 0) is 64.2 Å². The van der Waals surface area contributed by atoms with Gasteiger partial charge in [-0.3, -0.25) is 14.4 Å². The van der Waals surface area contributed by atoms with E-state index in [9.17, 15) is 14.4 Å². The van der Waals surface area contributed by atoms with Gasteiger partial charge in [0.05, 0.1) is 0 Å². The number of carbonyl (C=O) groups is 3. The van der Waals surface area contributed by atoms with Gasteiger partial charge in [0.25, 0.3) is 0 Å². The molecule has 0 spiro atoms. The topological polar surface area (TPSA) is 78.9 Å². The van der Waals surface area contributed by atoms with Gasteiger partial charge in [-0.15, -0.1) is 0 Å². The number of esters is 3. The van der Waals surface area contributed by atoms with Crippen LogP contribution in [-0.4, -0.2) is 37.2 Å². The fourth-order valence-corrected chi connectivity index (χ4v) is 8.43. The second-order valence-corrected chi connectivity index (χ2v) is 19.6. The van der Waals surface area contributed by atoms with Crippen molar-refractivity contribution in [3.8, 4) is 0 Å². The number of unbranched alkanes of at least 4 members (excludes halogenated alkanes) is 34. The van der Waals surface area contributed by atoms with Crippen LogP contribution in [0, 0.1) is 0 Å². The highest BCUT2D eigenvalue weighted by Crippen LogP contribution is 2.17. The Bertz CT molecular complexity index is 1170. The van der Waals surface area contributed by atoms with Crippen LogP contribution in [0.2, 0.25) is 0 Å². The predicted molar refractivity (Wildman–Crippen MR) is 289 cm³/mol. The van der Waals surface area contributed by atoms with E-state index in [2.05, 4.69) is 69.4 Å². The lowest BCUT2D eigenvalue weighted by molar-refractivity contribution is -0.167. The fourth-order valence-electron chi connectivity index (χ4n) is 8.43. The lowest BCUT2D eigenvalue weighted by Gasteiger charge is -2.18. The molecule has 0 aromatic carbocycles. The first-order chi connectivity index (χ1) is 33.0. The van der Waals surface area contributed by atoms with E-state index in [4.69, 9.17) is 14.2 Å². The van der Waals surface area contributed by atoms with Crippen molar-refractivity contribution in [2.75, 3.05) is 13.2 Å². The van der Waals surface area contributed by atoms with Crippen molar-refractivity contribution >= 4 is 17.9 Å². The van der Waals surface area contributed by atoms with Crippen molar-refractivity contribution in [1.29, 1.82) is 0 Å². The van der Waals surface area contributed by atoms with Crippen LogP contribution < -0.4 is 0 Å². The van der Waals surface area contributed by atoms with E-state index in [1.54, 1.807) is 0 Å². The molecule has 0 aromatic heterocycles. The maximum Gasteiger partial charge on any atom is 0.306 e. The lowest BCUT2D eigenvalue weighted by atomic mass is 10.0. The Balaban J connectivity index is 4.35. The normalized spacial score (nSPS) is 12.3. The van der Waals surface area contributed by atoms with Gasteiger partial charge in [0, 0.05) is 19.3 Å². The summed E-state index contributed by atoms with van der Waals surface area (Å²) in [5.74, 6) is -0.896. The van der Waals surface area contributed by atoms with Gasteiger partial charge in [0.15, 0.2) is 6.10 Å². The number of ether oxygens (including phenoxy) is 3. The van der Waals surface area contributed by atoms with E-state index in [-0.39, 0.29) is 31.1 Å². The Morgan fingerprint density at radius 1 is 0.299 bits per heavy atom. The van der Waals surface area contributed by atoms with Crippen LogP contribution in [-0.2, 0) is 28.6 Å². The highest BCUT2D eigenvalue weighted by atomic mass is 16.6. The monoisotopic (exact) mass is 939 g/mol. The first-order valence-electron chi connectivity index (χ1n) is 29.1. The summed E-state index contributed by atoms with van der Waals surface area (Å²) in [6.07, 6.45) is 68.2. The van der Waals surface area contributed by atoms with Crippen molar-refractivity contribution in [3.05, 3.63) is 48.6 Å². The highest BCUT2D eigenvalue weighted by Gasteiger charge is 2.19. The summed E-state index contributed by atoms with van der Waals surface area (Å²) in [4.78, 5) is 38.1. The van der Waals surface area contributed by atoms with Gasteiger partial charge in [0.1, 0.15) is 13.2 Å². The molecule has 0 amide bonds. The molecule has 0 saturated heterocycles. The van der Waals surface area contributed by atoms with Crippen molar-refractivity contribution in [2.24, 2.45) is 0 Å². The van der Waals surface area contributed by atoms with Gasteiger partial charge in [-0.1, -0.05) is 268 Å². The molecule has 6 heteroatoms. The molecule has 0 radical (unpaired) electrons. The molecular weight excluding hydrogens is 829 g/mol. The molecule has 0 aliphatic rings. The van der Waals surface area contributed by atoms with Crippen molar-refractivity contribution in [2.45, 2.75) is 309 Å². The molecule has 0 saturated carbocycles. The molecule has 1 atom stereocenters. The molecule has 0 fully saturated rings. The quantitative estimate of drug-likeness (QED) is 0.0262. The summed E-state index contributed by atoms with van der Waals surface area (Å²) in [5.41, 5.74) is 0. The largest absolute Gasteiger partial charge is 0.462 e. The molecule has 0 heterocycles. The minimum Gasteiger partial charge on any atom is -0.462 e. The Hall–Kier alpha value is -2.63. The maximum absolute atomic E-state index is 12.9. The van der Waals surface area contributed by atoms with Crippen LogP contribution in [0.15, 0.2) is 48.6 Å². The third kappa shape index (κ3) is 54.2. The summed E-state index contributed by atoms with van der Waals surface area (Å²) >= 11 is 0. The minimum absolute atomic E-state index is 0.0792. The summed E-state index contributed by atoms with van der Waals surface area (Å²) in [5, 5.41) is 0. The third-order valence-electron chi connectivity index (χ3n) is 12.8. The van der Waals surface area contributed by atoms with E-state index < -0.39 is 6.10 Å². The first kappa shape index (κ1) is 64.4. The standard InChI is InChI=1S/C61H110O6/c1-4-7-10-13-16-19-22-24-26-28-30-32-34-36-39-42-45-48-51-54-60(63)66-57-58(56-65-59(62)53-50-47-44-41-38-21-18-15-12-9-6-3)67-61(64)55-52-49-46-43-40-37-35-33-31-29-27-25-23-20-17-14-11-8-5-2/h16,19,24,26,30,32,36,39,58H,4-15,17-18,20-23,25,27-29,31,33-35,37-38,40-57H2,1-3H3/b19-16-,26-24-,32-30-,39-36-/t58-/m0/s1. The molecule has 0 aromatic rings. The van der Waals surface area contributed by atoms with Crippen molar-refractivity contribution in [3.63, 3.8) is 0 Å². The van der Waals surface area contributed by atoms with Crippen molar-refractivity contribution in [1.82, 2.24) is 0 Å². The molecule has 0 aliphatic heterocycles. The third-order valence-corrected chi connectivity index (χ3v) is 12.8. The summed E-state index contributed by atoms with van der Waals surface area (Å²) < 4.78 is 16.8. The Morgan fingerprint density at radius 3 is 0.866 bits per heavy atom. The zero-order chi connectivity index (χ0) is 48.6. The SMILES string of the molecule is CCCCC/C=C\C/C=C\C/C=C\C/C=C\CCCCCC(=O)OC[C@H](COC(=O)CCCCCCCCCCCCC)OC(=O)CCCCCCCCCCCCCCCCCCCCC. The fraction of sp³-hybridized carbons (Fsp3) is 0.820. The molecule has 0 aliphatic carbocycles. The number of carbonyl (C=O) groups excluding carboxylic acids is 3. The van der Waals surface area contributed by atoms with Gasteiger partial charge in [-0.2, -0.15) is 0 Å².